The van der Waals surface area contributed by atoms with Crippen LogP contribution in [0.15, 0.2) is 42.5 Å². The van der Waals surface area contributed by atoms with Gasteiger partial charge < -0.3 is 11.1 Å². The van der Waals surface area contributed by atoms with Crippen molar-refractivity contribution in [2.45, 2.75) is 19.4 Å². The number of hydrogen-bond donors (Lipinski definition) is 2. The van der Waals surface area contributed by atoms with E-state index in [-0.39, 0.29) is 5.56 Å². The summed E-state index contributed by atoms with van der Waals surface area (Å²) in [4.78, 5) is 11.9. The van der Waals surface area contributed by atoms with Gasteiger partial charge in [0.2, 0.25) is 5.91 Å². The molecule has 0 aliphatic heterocycles. The zero-order valence-electron chi connectivity index (χ0n) is 11.8. The zero-order chi connectivity index (χ0) is 15.6. The fourth-order valence-corrected chi connectivity index (χ4v) is 2.10. The lowest BCUT2D eigenvalue weighted by Crippen LogP contribution is -2.45. The number of aryl methyl sites for hydroxylation is 1. The maximum absolute atomic E-state index is 13.4. The molecule has 21 heavy (non-hydrogen) atoms. The molecule has 0 spiro atoms. The van der Waals surface area contributed by atoms with E-state index in [4.69, 9.17) is 5.73 Å². The summed E-state index contributed by atoms with van der Waals surface area (Å²) in [6, 6.07) is 10.2. The van der Waals surface area contributed by atoms with Gasteiger partial charge in [-0.2, -0.15) is 0 Å². The van der Waals surface area contributed by atoms with Crippen LogP contribution in [-0.2, 0) is 10.3 Å². The van der Waals surface area contributed by atoms with Crippen molar-refractivity contribution in [2.75, 3.05) is 5.32 Å². The average molecular weight is 290 g/mol. The summed E-state index contributed by atoms with van der Waals surface area (Å²) in [5.41, 5.74) is 5.73. The van der Waals surface area contributed by atoms with Crippen molar-refractivity contribution >= 4 is 11.6 Å². The summed E-state index contributed by atoms with van der Waals surface area (Å²) in [6.07, 6.45) is 0. The molecule has 0 aromatic heterocycles. The van der Waals surface area contributed by atoms with Gasteiger partial charge in [-0.1, -0.05) is 18.2 Å². The average Bonchev–Trinajstić information content (AvgIpc) is 2.40. The quantitative estimate of drug-likeness (QED) is 0.909. The van der Waals surface area contributed by atoms with E-state index in [1.807, 2.05) is 19.1 Å². The molecule has 0 fully saturated rings. The van der Waals surface area contributed by atoms with Crippen LogP contribution in [0.5, 0.6) is 0 Å². The normalized spacial score (nSPS) is 13.5. The molecule has 0 radical (unpaired) electrons. The van der Waals surface area contributed by atoms with Gasteiger partial charge in [0.1, 0.15) is 17.2 Å². The molecule has 3 N–H and O–H groups in total. The summed E-state index contributed by atoms with van der Waals surface area (Å²) in [5.74, 6) is -2.25. The molecule has 0 saturated heterocycles. The Bertz CT molecular complexity index is 667. The smallest absolute Gasteiger partial charge is 0.247 e. The van der Waals surface area contributed by atoms with Crippen molar-refractivity contribution in [3.63, 3.8) is 0 Å². The molecule has 1 unspecified atom stereocenters. The molecule has 0 aliphatic rings. The first kappa shape index (κ1) is 15.0. The van der Waals surface area contributed by atoms with Crippen LogP contribution in [0.1, 0.15) is 18.1 Å². The number of carbonyl (C=O) groups excluding carboxylic acids is 1. The largest absolute Gasteiger partial charge is 0.368 e. The van der Waals surface area contributed by atoms with Gasteiger partial charge in [0.15, 0.2) is 0 Å². The minimum absolute atomic E-state index is 0.135. The highest BCUT2D eigenvalue weighted by molar-refractivity contribution is 5.89. The van der Waals surface area contributed by atoms with Gasteiger partial charge in [0, 0.05) is 11.8 Å². The van der Waals surface area contributed by atoms with E-state index in [9.17, 15) is 13.6 Å². The molecule has 0 bridgehead atoms. The molecule has 2 aromatic rings. The first-order chi connectivity index (χ1) is 9.83. The SMILES string of the molecule is Cc1ccccc1NC(C)(C(N)=O)c1cc(F)cc(F)c1. The zero-order valence-corrected chi connectivity index (χ0v) is 11.8. The molecule has 110 valence electrons. The molecule has 3 nitrogen and oxygen atoms in total. The third kappa shape index (κ3) is 3.02. The number of rotatable bonds is 4. The number of amides is 1. The minimum atomic E-state index is -1.42. The molecule has 0 aliphatic carbocycles. The van der Waals surface area contributed by atoms with Crippen molar-refractivity contribution < 1.29 is 13.6 Å². The number of nitrogens with two attached hydrogens (primary N) is 1. The van der Waals surface area contributed by atoms with E-state index in [1.54, 1.807) is 12.1 Å². The molecule has 2 aromatic carbocycles. The molecule has 0 heterocycles. The number of anilines is 1. The molecule has 2 rings (SSSR count). The van der Waals surface area contributed by atoms with Crippen molar-refractivity contribution in [1.82, 2.24) is 0 Å². The standard InChI is InChI=1S/C16H16F2N2O/c1-10-5-3-4-6-14(10)20-16(2,15(19)21)11-7-12(17)9-13(18)8-11/h3-9,20H,1-2H3,(H2,19,21). The number of carbonyl (C=O) groups is 1. The maximum atomic E-state index is 13.4. The first-order valence-corrected chi connectivity index (χ1v) is 6.43. The lowest BCUT2D eigenvalue weighted by Gasteiger charge is -2.30. The number of benzene rings is 2. The van der Waals surface area contributed by atoms with Crippen molar-refractivity contribution in [3.8, 4) is 0 Å². The maximum Gasteiger partial charge on any atom is 0.247 e. The summed E-state index contributed by atoms with van der Waals surface area (Å²) in [7, 11) is 0. The van der Waals surface area contributed by atoms with Crippen LogP contribution in [0.25, 0.3) is 0 Å². The topological polar surface area (TPSA) is 55.1 Å². The molecular formula is C16H16F2N2O. The van der Waals surface area contributed by atoms with Crippen LogP contribution in [0.3, 0.4) is 0 Å². The molecule has 1 amide bonds. The van der Waals surface area contributed by atoms with E-state index in [2.05, 4.69) is 5.32 Å². The van der Waals surface area contributed by atoms with E-state index >= 15 is 0 Å². The van der Waals surface area contributed by atoms with Gasteiger partial charge in [0.25, 0.3) is 0 Å². The highest BCUT2D eigenvalue weighted by Crippen LogP contribution is 2.28. The van der Waals surface area contributed by atoms with Gasteiger partial charge in [-0.3, -0.25) is 4.79 Å². The second kappa shape index (κ2) is 5.52. The Morgan fingerprint density at radius 1 is 1.14 bits per heavy atom. The lowest BCUT2D eigenvalue weighted by molar-refractivity contribution is -0.122. The fraction of sp³-hybridized carbons (Fsp3) is 0.188. The van der Waals surface area contributed by atoms with Gasteiger partial charge in [-0.05, 0) is 43.2 Å². The van der Waals surface area contributed by atoms with Crippen LogP contribution in [0.4, 0.5) is 14.5 Å². The van der Waals surface area contributed by atoms with Crippen LogP contribution in [-0.4, -0.2) is 5.91 Å². The Balaban J connectivity index is 2.50. The van der Waals surface area contributed by atoms with E-state index in [1.165, 1.54) is 6.92 Å². The van der Waals surface area contributed by atoms with Crippen molar-refractivity contribution in [1.29, 1.82) is 0 Å². The Labute approximate surface area is 121 Å². The van der Waals surface area contributed by atoms with Crippen molar-refractivity contribution in [2.24, 2.45) is 5.73 Å². The predicted molar refractivity (Wildman–Crippen MR) is 77.7 cm³/mol. The minimum Gasteiger partial charge on any atom is -0.368 e. The second-order valence-electron chi connectivity index (χ2n) is 5.09. The highest BCUT2D eigenvalue weighted by Gasteiger charge is 2.34. The summed E-state index contributed by atoms with van der Waals surface area (Å²) < 4.78 is 26.8. The number of halogens is 2. The van der Waals surface area contributed by atoms with E-state index in [0.717, 1.165) is 23.8 Å². The third-order valence-corrected chi connectivity index (χ3v) is 3.46. The van der Waals surface area contributed by atoms with Gasteiger partial charge in [-0.15, -0.1) is 0 Å². The van der Waals surface area contributed by atoms with E-state index in [0.29, 0.717) is 5.69 Å². The van der Waals surface area contributed by atoms with Gasteiger partial charge >= 0.3 is 0 Å². The number of primary amides is 1. The van der Waals surface area contributed by atoms with Crippen LogP contribution in [0, 0.1) is 18.6 Å². The number of nitrogens with one attached hydrogen (secondary N) is 1. The first-order valence-electron chi connectivity index (χ1n) is 6.43. The van der Waals surface area contributed by atoms with Crippen LogP contribution >= 0.6 is 0 Å². The molecule has 0 saturated carbocycles. The van der Waals surface area contributed by atoms with Gasteiger partial charge in [0.05, 0.1) is 0 Å². The Hall–Kier alpha value is -2.43. The summed E-state index contributed by atoms with van der Waals surface area (Å²) >= 11 is 0. The van der Waals surface area contributed by atoms with Crippen LogP contribution < -0.4 is 11.1 Å². The molecular weight excluding hydrogens is 274 g/mol. The second-order valence-corrected chi connectivity index (χ2v) is 5.09. The summed E-state index contributed by atoms with van der Waals surface area (Å²) in [5, 5.41) is 2.99. The summed E-state index contributed by atoms with van der Waals surface area (Å²) in [6.45, 7) is 3.35. The molecule has 5 heteroatoms. The third-order valence-electron chi connectivity index (χ3n) is 3.46. The predicted octanol–water partition coefficient (Wildman–Crippen LogP) is 3.09. The number of para-hydroxylation sites is 1. The Morgan fingerprint density at radius 2 is 1.71 bits per heavy atom. The Kier molecular flexibility index (Phi) is 3.93. The highest BCUT2D eigenvalue weighted by atomic mass is 19.1. The lowest BCUT2D eigenvalue weighted by atomic mass is 9.90. The fourth-order valence-electron chi connectivity index (χ4n) is 2.10. The van der Waals surface area contributed by atoms with E-state index < -0.39 is 23.1 Å². The number of hydrogen-bond acceptors (Lipinski definition) is 2. The van der Waals surface area contributed by atoms with Gasteiger partial charge in [-0.25, -0.2) is 8.78 Å². The van der Waals surface area contributed by atoms with Crippen molar-refractivity contribution in [3.05, 3.63) is 65.2 Å². The Morgan fingerprint density at radius 3 is 2.24 bits per heavy atom. The van der Waals surface area contributed by atoms with Crippen LogP contribution in [0.2, 0.25) is 0 Å². The molecule has 1 atom stereocenters. The monoisotopic (exact) mass is 290 g/mol.